The lowest BCUT2D eigenvalue weighted by Gasteiger charge is -2.41. The molecule has 1 aliphatic heterocycles. The smallest absolute Gasteiger partial charge is 0.227 e. The van der Waals surface area contributed by atoms with Gasteiger partial charge in [-0.1, -0.05) is 44.2 Å². The van der Waals surface area contributed by atoms with Gasteiger partial charge >= 0.3 is 0 Å². The number of carbonyl (C=O) groups is 1. The van der Waals surface area contributed by atoms with Crippen molar-refractivity contribution in [3.05, 3.63) is 35.9 Å². The summed E-state index contributed by atoms with van der Waals surface area (Å²) < 4.78 is 0. The van der Waals surface area contributed by atoms with Crippen LogP contribution in [0.1, 0.15) is 19.4 Å². The molecule has 1 saturated heterocycles. The third-order valence-electron chi connectivity index (χ3n) is 3.98. The van der Waals surface area contributed by atoms with Crippen LogP contribution < -0.4 is 5.32 Å². The van der Waals surface area contributed by atoms with Crippen LogP contribution in [-0.4, -0.2) is 47.7 Å². The van der Waals surface area contributed by atoms with Gasteiger partial charge in [0, 0.05) is 19.1 Å². The predicted molar refractivity (Wildman–Crippen MR) is 79.4 cm³/mol. The van der Waals surface area contributed by atoms with Crippen molar-refractivity contribution in [3.63, 3.8) is 0 Å². The second kappa shape index (κ2) is 6.86. The van der Waals surface area contributed by atoms with Crippen molar-refractivity contribution in [1.82, 2.24) is 10.2 Å². The molecular formula is C16H24N2O2. The van der Waals surface area contributed by atoms with Gasteiger partial charge in [-0.15, -0.1) is 0 Å². The maximum Gasteiger partial charge on any atom is 0.227 e. The first-order valence-electron chi connectivity index (χ1n) is 7.29. The van der Waals surface area contributed by atoms with E-state index in [1.807, 2.05) is 35.2 Å². The number of hydrogen-bond donors (Lipinski definition) is 2. The van der Waals surface area contributed by atoms with Gasteiger partial charge in [-0.2, -0.15) is 0 Å². The molecule has 1 aromatic rings. The van der Waals surface area contributed by atoms with Crippen molar-refractivity contribution in [2.75, 3.05) is 19.7 Å². The molecule has 2 unspecified atom stereocenters. The minimum absolute atomic E-state index is 0.0122. The van der Waals surface area contributed by atoms with Crippen molar-refractivity contribution in [3.8, 4) is 0 Å². The summed E-state index contributed by atoms with van der Waals surface area (Å²) in [6.45, 7) is 5.65. The molecule has 1 aliphatic rings. The SMILES string of the molecule is CC(C)C1CN(C(=O)Cc2ccccc2)C(CO)CN1. The number of nitrogens with one attached hydrogen (secondary N) is 1. The van der Waals surface area contributed by atoms with Crippen molar-refractivity contribution in [2.24, 2.45) is 5.92 Å². The van der Waals surface area contributed by atoms with Crippen LogP contribution in [0.25, 0.3) is 0 Å². The Bertz CT molecular complexity index is 433. The van der Waals surface area contributed by atoms with E-state index in [9.17, 15) is 9.90 Å². The van der Waals surface area contributed by atoms with Gasteiger partial charge in [0.05, 0.1) is 19.1 Å². The number of carbonyl (C=O) groups excluding carboxylic acids is 1. The number of hydrogen-bond acceptors (Lipinski definition) is 3. The quantitative estimate of drug-likeness (QED) is 0.864. The fourth-order valence-electron chi connectivity index (χ4n) is 2.61. The topological polar surface area (TPSA) is 52.6 Å². The molecule has 0 bridgehead atoms. The number of nitrogens with zero attached hydrogens (tertiary/aromatic N) is 1. The summed E-state index contributed by atoms with van der Waals surface area (Å²) in [5.74, 6) is 0.573. The maximum absolute atomic E-state index is 12.5. The fourth-order valence-corrected chi connectivity index (χ4v) is 2.61. The number of aliphatic hydroxyl groups is 1. The molecule has 20 heavy (non-hydrogen) atoms. The van der Waals surface area contributed by atoms with E-state index in [4.69, 9.17) is 0 Å². The number of piperazine rings is 1. The molecule has 0 saturated carbocycles. The second-order valence-electron chi connectivity index (χ2n) is 5.80. The minimum atomic E-state index is -0.110. The lowest BCUT2D eigenvalue weighted by atomic mass is 9.98. The number of amides is 1. The Morgan fingerprint density at radius 3 is 2.70 bits per heavy atom. The summed E-state index contributed by atoms with van der Waals surface area (Å²) in [7, 11) is 0. The largest absolute Gasteiger partial charge is 0.394 e. The third kappa shape index (κ3) is 3.58. The van der Waals surface area contributed by atoms with Crippen molar-refractivity contribution in [2.45, 2.75) is 32.4 Å². The predicted octanol–water partition coefficient (Wildman–Crippen LogP) is 1.05. The molecule has 4 heteroatoms. The zero-order valence-corrected chi connectivity index (χ0v) is 12.2. The third-order valence-corrected chi connectivity index (χ3v) is 3.98. The van der Waals surface area contributed by atoms with Crippen molar-refractivity contribution >= 4 is 5.91 Å². The lowest BCUT2D eigenvalue weighted by molar-refractivity contribution is -0.135. The molecule has 1 heterocycles. The van der Waals surface area contributed by atoms with E-state index >= 15 is 0 Å². The van der Waals surface area contributed by atoms with Crippen LogP contribution in [0.3, 0.4) is 0 Å². The molecule has 0 radical (unpaired) electrons. The Kier molecular flexibility index (Phi) is 5.15. The Morgan fingerprint density at radius 1 is 1.40 bits per heavy atom. The van der Waals surface area contributed by atoms with Crippen LogP contribution in [0.2, 0.25) is 0 Å². The van der Waals surface area contributed by atoms with Gasteiger partial charge < -0.3 is 15.3 Å². The molecule has 1 amide bonds. The van der Waals surface area contributed by atoms with Gasteiger partial charge in [0.25, 0.3) is 0 Å². The highest BCUT2D eigenvalue weighted by Gasteiger charge is 2.31. The zero-order valence-electron chi connectivity index (χ0n) is 12.2. The van der Waals surface area contributed by atoms with Crippen LogP contribution in [-0.2, 0) is 11.2 Å². The van der Waals surface area contributed by atoms with Crippen molar-refractivity contribution in [1.29, 1.82) is 0 Å². The van der Waals surface area contributed by atoms with Gasteiger partial charge in [0.2, 0.25) is 5.91 Å². The first-order chi connectivity index (χ1) is 9.61. The highest BCUT2D eigenvalue weighted by molar-refractivity contribution is 5.79. The van der Waals surface area contributed by atoms with E-state index in [1.165, 1.54) is 0 Å². The highest BCUT2D eigenvalue weighted by Crippen LogP contribution is 2.14. The first kappa shape index (κ1) is 15.0. The van der Waals surface area contributed by atoms with Gasteiger partial charge in [0.1, 0.15) is 0 Å². The molecule has 2 rings (SSSR count). The van der Waals surface area contributed by atoms with Crippen LogP contribution in [0.5, 0.6) is 0 Å². The van der Waals surface area contributed by atoms with E-state index in [0.717, 1.165) is 5.56 Å². The van der Waals surface area contributed by atoms with E-state index in [1.54, 1.807) is 0 Å². The van der Waals surface area contributed by atoms with Crippen LogP contribution in [0, 0.1) is 5.92 Å². The first-order valence-corrected chi connectivity index (χ1v) is 7.29. The number of benzene rings is 1. The van der Waals surface area contributed by atoms with Crippen LogP contribution in [0.15, 0.2) is 30.3 Å². The lowest BCUT2D eigenvalue weighted by Crippen LogP contribution is -2.61. The monoisotopic (exact) mass is 276 g/mol. The molecular weight excluding hydrogens is 252 g/mol. The molecule has 0 aromatic heterocycles. The Labute approximate surface area is 120 Å². The normalized spacial score (nSPS) is 23.1. The average molecular weight is 276 g/mol. The summed E-state index contributed by atoms with van der Waals surface area (Å²) in [6, 6.07) is 9.96. The van der Waals surface area contributed by atoms with E-state index < -0.39 is 0 Å². The van der Waals surface area contributed by atoms with Crippen LogP contribution in [0.4, 0.5) is 0 Å². The summed E-state index contributed by atoms with van der Waals surface area (Å²) in [5.41, 5.74) is 1.02. The molecule has 0 spiro atoms. The van der Waals surface area contributed by atoms with Gasteiger partial charge in [-0.25, -0.2) is 0 Å². The van der Waals surface area contributed by atoms with E-state index in [2.05, 4.69) is 19.2 Å². The van der Waals surface area contributed by atoms with E-state index in [0.29, 0.717) is 31.5 Å². The summed E-state index contributed by atoms with van der Waals surface area (Å²) in [5, 5.41) is 12.9. The summed E-state index contributed by atoms with van der Waals surface area (Å²) in [6.07, 6.45) is 0.405. The Balaban J connectivity index is 2.04. The van der Waals surface area contributed by atoms with Gasteiger partial charge in [-0.05, 0) is 11.5 Å². The number of aliphatic hydroxyl groups excluding tert-OH is 1. The average Bonchev–Trinajstić information content (AvgIpc) is 2.47. The molecule has 0 aliphatic carbocycles. The van der Waals surface area contributed by atoms with Crippen LogP contribution >= 0.6 is 0 Å². The molecule has 1 fully saturated rings. The molecule has 2 N–H and O–H groups in total. The molecule has 1 aromatic carbocycles. The molecule has 4 nitrogen and oxygen atoms in total. The fraction of sp³-hybridized carbons (Fsp3) is 0.562. The standard InChI is InChI=1S/C16H24N2O2/c1-12(2)15-10-18(14(11-19)9-17-15)16(20)8-13-6-4-3-5-7-13/h3-7,12,14-15,17,19H,8-11H2,1-2H3. The molecule has 110 valence electrons. The zero-order chi connectivity index (χ0) is 14.5. The Morgan fingerprint density at radius 2 is 2.10 bits per heavy atom. The minimum Gasteiger partial charge on any atom is -0.394 e. The maximum atomic E-state index is 12.5. The van der Waals surface area contributed by atoms with Gasteiger partial charge in [0.15, 0.2) is 0 Å². The van der Waals surface area contributed by atoms with Crippen molar-refractivity contribution < 1.29 is 9.90 Å². The summed E-state index contributed by atoms with van der Waals surface area (Å²) >= 11 is 0. The number of rotatable bonds is 4. The summed E-state index contributed by atoms with van der Waals surface area (Å²) in [4.78, 5) is 14.3. The Hall–Kier alpha value is -1.39. The molecule has 2 atom stereocenters. The second-order valence-corrected chi connectivity index (χ2v) is 5.80. The van der Waals surface area contributed by atoms with Gasteiger partial charge in [-0.3, -0.25) is 4.79 Å². The van der Waals surface area contributed by atoms with E-state index in [-0.39, 0.29) is 18.6 Å². The highest BCUT2D eigenvalue weighted by atomic mass is 16.3.